The van der Waals surface area contributed by atoms with Crippen LogP contribution in [0.25, 0.3) is 94.7 Å². The molecule has 0 radical (unpaired) electrons. The first-order valence-electron chi connectivity index (χ1n) is 22.2. The highest BCUT2D eigenvalue weighted by atomic mass is 16.3. The van der Waals surface area contributed by atoms with Crippen molar-refractivity contribution in [1.82, 2.24) is 19.5 Å². The first-order valence-corrected chi connectivity index (χ1v) is 17.2. The van der Waals surface area contributed by atoms with Crippen LogP contribution in [-0.2, 0) is 5.41 Å². The van der Waals surface area contributed by atoms with Crippen LogP contribution in [0.5, 0.6) is 0 Å². The van der Waals surface area contributed by atoms with E-state index >= 15 is 0 Å². The number of hydrogen-bond acceptors (Lipinski definition) is 4. The van der Waals surface area contributed by atoms with Crippen molar-refractivity contribution in [3.63, 3.8) is 0 Å². The Hall–Kier alpha value is -6.85. The molecule has 0 atom stereocenters. The molecule has 53 heavy (non-hydrogen) atoms. The second kappa shape index (κ2) is 11.1. The van der Waals surface area contributed by atoms with Crippen LogP contribution in [0.15, 0.2) is 162 Å². The Morgan fingerprint density at radius 2 is 1.23 bits per heavy atom. The summed E-state index contributed by atoms with van der Waals surface area (Å²) in [5, 5.41) is 3.95. The van der Waals surface area contributed by atoms with Crippen molar-refractivity contribution in [3.05, 3.63) is 169 Å². The van der Waals surface area contributed by atoms with E-state index in [1.807, 2.05) is 30.3 Å². The maximum atomic E-state index is 8.69. The second-order valence-corrected chi connectivity index (χ2v) is 13.7. The van der Waals surface area contributed by atoms with Gasteiger partial charge in [0.15, 0.2) is 23.1 Å². The Balaban J connectivity index is 1.14. The van der Waals surface area contributed by atoms with E-state index < -0.39 is 60.4 Å². The highest BCUT2D eigenvalue weighted by Gasteiger charge is 2.38. The summed E-state index contributed by atoms with van der Waals surface area (Å²) in [5.74, 6) is -0.721. The first kappa shape index (κ1) is 21.5. The van der Waals surface area contributed by atoms with Gasteiger partial charge >= 0.3 is 0 Å². The normalized spacial score (nSPS) is 15.9. The standard InChI is InChI=1S/C48H32N4O/c1-48(2)37-21-11-9-18-32(37)34-26-27-39-42(43(34)48)36-19-10-12-22-38(36)52(39)40-23-13-20-35-33-25-24-31(28-41(33)53-44(35)40)47-50-45(29-14-5-3-6-15-29)49-46(51-47)30-16-7-4-8-17-30/h3-28H,1-2H3/i3D,4D,5D,6D,7D,8D,14D,15D,16D,17D. The zero-order valence-corrected chi connectivity index (χ0v) is 28.4. The Morgan fingerprint density at radius 3 is 1.98 bits per heavy atom. The third-order valence-electron chi connectivity index (χ3n) is 10.4. The lowest BCUT2D eigenvalue weighted by Crippen LogP contribution is -2.15. The van der Waals surface area contributed by atoms with Gasteiger partial charge in [-0.05, 0) is 52.6 Å². The van der Waals surface area contributed by atoms with Crippen molar-refractivity contribution in [2.75, 3.05) is 0 Å². The van der Waals surface area contributed by atoms with Gasteiger partial charge in [-0.15, -0.1) is 0 Å². The minimum Gasteiger partial charge on any atom is -0.454 e. The molecule has 0 N–H and O–H groups in total. The molecule has 10 aromatic rings. The molecular formula is C48H32N4O. The van der Waals surface area contributed by atoms with Gasteiger partial charge in [0.2, 0.25) is 0 Å². The minimum atomic E-state index is -0.613. The molecule has 5 nitrogen and oxygen atoms in total. The number of para-hydroxylation sites is 2. The van der Waals surface area contributed by atoms with Gasteiger partial charge in [-0.2, -0.15) is 0 Å². The number of hydrogen-bond donors (Lipinski definition) is 0. The fraction of sp³-hybridized carbons (Fsp3) is 0.0625. The number of nitrogens with zero attached hydrogens (tertiary/aromatic N) is 4. The predicted molar refractivity (Wildman–Crippen MR) is 215 cm³/mol. The average Bonchev–Trinajstić information content (AvgIpc) is 3.91. The fourth-order valence-corrected chi connectivity index (χ4v) is 8.14. The van der Waals surface area contributed by atoms with Gasteiger partial charge in [-0.25, -0.2) is 15.0 Å². The number of benzene rings is 7. The SMILES string of the molecule is [2H]c1c([2H])c([2H])c(-c2nc(-c3ccc4c(c3)oc3c(-n5c6ccccc6c6c7c(ccc65)-c5ccccc5C7(C)C)cccc34)nc(-c3c([2H])c([2H])c([2H])c([2H])c3[2H])n2)c([2H])c1[2H]. The number of fused-ring (bicyclic) bond motifs is 10. The molecule has 7 aromatic carbocycles. The molecule has 0 saturated carbocycles. The summed E-state index contributed by atoms with van der Waals surface area (Å²) < 4.78 is 93.4. The van der Waals surface area contributed by atoms with Crippen molar-refractivity contribution >= 4 is 43.7 Å². The first-order chi connectivity index (χ1) is 30.2. The molecule has 1 aliphatic carbocycles. The Labute approximate surface area is 319 Å². The number of aromatic nitrogens is 4. The van der Waals surface area contributed by atoms with Crippen LogP contribution in [0.2, 0.25) is 0 Å². The lowest BCUT2D eigenvalue weighted by Gasteiger charge is -2.22. The zero-order chi connectivity index (χ0) is 44.0. The van der Waals surface area contributed by atoms with Crippen LogP contribution in [-0.4, -0.2) is 19.5 Å². The Morgan fingerprint density at radius 1 is 0.566 bits per heavy atom. The van der Waals surface area contributed by atoms with Crippen molar-refractivity contribution in [3.8, 4) is 51.0 Å². The van der Waals surface area contributed by atoms with Crippen LogP contribution >= 0.6 is 0 Å². The fourth-order valence-electron chi connectivity index (χ4n) is 8.14. The third kappa shape index (κ3) is 4.34. The third-order valence-corrected chi connectivity index (χ3v) is 10.4. The van der Waals surface area contributed by atoms with E-state index in [1.165, 1.54) is 27.6 Å². The molecule has 1 aliphatic rings. The Kier molecular flexibility index (Phi) is 4.49. The quantitative estimate of drug-likeness (QED) is 0.184. The molecule has 3 heterocycles. The van der Waals surface area contributed by atoms with E-state index in [0.717, 1.165) is 32.9 Å². The van der Waals surface area contributed by atoms with Crippen molar-refractivity contribution in [2.24, 2.45) is 0 Å². The van der Waals surface area contributed by atoms with E-state index in [9.17, 15) is 0 Å². The smallest absolute Gasteiger partial charge is 0.164 e. The van der Waals surface area contributed by atoms with Gasteiger partial charge in [0.1, 0.15) is 5.58 Å². The zero-order valence-electron chi connectivity index (χ0n) is 38.4. The molecule has 0 spiro atoms. The van der Waals surface area contributed by atoms with Gasteiger partial charge in [0.05, 0.1) is 30.4 Å². The van der Waals surface area contributed by atoms with Gasteiger partial charge in [0, 0.05) is 43.7 Å². The number of furan rings is 1. The monoisotopic (exact) mass is 690 g/mol. The van der Waals surface area contributed by atoms with Crippen LogP contribution < -0.4 is 0 Å². The summed E-state index contributed by atoms with van der Waals surface area (Å²) >= 11 is 0. The predicted octanol–water partition coefficient (Wildman–Crippen LogP) is 12.2. The molecule has 0 saturated heterocycles. The maximum Gasteiger partial charge on any atom is 0.164 e. The molecule has 250 valence electrons. The Bertz CT molecular complexity index is 3540. The van der Waals surface area contributed by atoms with E-state index in [-0.39, 0.29) is 34.0 Å². The molecule has 0 fully saturated rings. The summed E-state index contributed by atoms with van der Waals surface area (Å²) in [5.41, 5.74) is 8.48. The summed E-state index contributed by atoms with van der Waals surface area (Å²) in [7, 11) is 0. The lowest BCUT2D eigenvalue weighted by molar-refractivity contribution is 0.666. The molecule has 11 rings (SSSR count). The van der Waals surface area contributed by atoms with Crippen LogP contribution in [0.3, 0.4) is 0 Å². The van der Waals surface area contributed by atoms with E-state index in [0.29, 0.717) is 16.7 Å². The van der Waals surface area contributed by atoms with E-state index in [2.05, 4.69) is 88.0 Å². The maximum absolute atomic E-state index is 8.69. The minimum absolute atomic E-state index is 0.0453. The molecule has 3 aromatic heterocycles. The molecule has 0 amide bonds. The highest BCUT2D eigenvalue weighted by molar-refractivity contribution is 6.16. The van der Waals surface area contributed by atoms with Crippen LogP contribution in [0.1, 0.15) is 38.7 Å². The van der Waals surface area contributed by atoms with E-state index in [4.69, 9.17) is 18.1 Å². The van der Waals surface area contributed by atoms with Crippen LogP contribution in [0.4, 0.5) is 0 Å². The lowest BCUT2D eigenvalue weighted by atomic mass is 9.80. The van der Waals surface area contributed by atoms with Crippen LogP contribution in [0, 0.1) is 0 Å². The molecule has 0 aliphatic heterocycles. The highest BCUT2D eigenvalue weighted by Crippen LogP contribution is 2.53. The molecule has 0 bridgehead atoms. The van der Waals surface area contributed by atoms with Crippen molar-refractivity contribution < 1.29 is 18.1 Å². The van der Waals surface area contributed by atoms with Gasteiger partial charge < -0.3 is 8.98 Å². The summed E-state index contributed by atoms with van der Waals surface area (Å²) in [6, 6.07) is 26.8. The second-order valence-electron chi connectivity index (χ2n) is 13.7. The number of rotatable bonds is 4. The molecule has 0 unspecified atom stereocenters. The molecule has 5 heteroatoms. The topological polar surface area (TPSA) is 56.7 Å². The van der Waals surface area contributed by atoms with Gasteiger partial charge in [0.25, 0.3) is 0 Å². The molecular weight excluding hydrogens is 649 g/mol. The van der Waals surface area contributed by atoms with Gasteiger partial charge in [-0.3, -0.25) is 0 Å². The van der Waals surface area contributed by atoms with Crippen molar-refractivity contribution in [2.45, 2.75) is 19.3 Å². The summed E-state index contributed by atoms with van der Waals surface area (Å²) in [6.07, 6.45) is 0. The summed E-state index contributed by atoms with van der Waals surface area (Å²) in [6.45, 7) is 4.57. The van der Waals surface area contributed by atoms with E-state index in [1.54, 1.807) is 12.1 Å². The van der Waals surface area contributed by atoms with Crippen molar-refractivity contribution in [1.29, 1.82) is 0 Å². The average molecular weight is 691 g/mol. The summed E-state index contributed by atoms with van der Waals surface area (Å²) in [4.78, 5) is 13.6. The van der Waals surface area contributed by atoms with Gasteiger partial charge in [-0.1, -0.05) is 141 Å². The largest absolute Gasteiger partial charge is 0.454 e.